The summed E-state index contributed by atoms with van der Waals surface area (Å²) < 4.78 is 29.3. The number of nitrogens with zero attached hydrogens (tertiary/aromatic N) is 1. The van der Waals surface area contributed by atoms with E-state index < -0.39 is 5.79 Å². The van der Waals surface area contributed by atoms with Crippen LogP contribution in [0.4, 0.5) is 0 Å². The van der Waals surface area contributed by atoms with Gasteiger partial charge in [0, 0.05) is 31.1 Å². The molecule has 2 fully saturated rings. The van der Waals surface area contributed by atoms with Crippen molar-refractivity contribution in [2.45, 2.75) is 36.6 Å². The lowest BCUT2D eigenvalue weighted by Crippen LogP contribution is -2.41. The second-order valence-electron chi connectivity index (χ2n) is 8.86. The van der Waals surface area contributed by atoms with Gasteiger partial charge in [0.15, 0.2) is 17.3 Å². The van der Waals surface area contributed by atoms with E-state index in [4.69, 9.17) is 23.7 Å². The van der Waals surface area contributed by atoms with Crippen LogP contribution in [-0.2, 0) is 14.9 Å². The summed E-state index contributed by atoms with van der Waals surface area (Å²) in [6.45, 7) is 1.53. The number of rotatable bonds is 5. The minimum atomic E-state index is -0.693. The largest absolute Gasteiger partial charge is 0.497 e. The molecule has 6 heteroatoms. The molecule has 32 heavy (non-hydrogen) atoms. The Kier molecular flexibility index (Phi) is 5.30. The third kappa shape index (κ3) is 3.33. The van der Waals surface area contributed by atoms with Gasteiger partial charge in [-0.25, -0.2) is 0 Å². The van der Waals surface area contributed by atoms with Crippen LogP contribution in [-0.4, -0.2) is 52.2 Å². The van der Waals surface area contributed by atoms with Crippen molar-refractivity contribution in [3.8, 4) is 17.2 Å². The molecule has 3 aliphatic rings. The number of allylic oxidation sites excluding steroid dienone is 1. The van der Waals surface area contributed by atoms with Crippen LogP contribution in [0.5, 0.6) is 17.2 Å². The number of likely N-dealkylation sites (tertiary alicyclic amines) is 1. The molecule has 1 aliphatic carbocycles. The third-order valence-electron chi connectivity index (χ3n) is 7.25. The van der Waals surface area contributed by atoms with E-state index in [1.807, 2.05) is 24.3 Å². The number of hydrogen-bond donors (Lipinski definition) is 0. The number of benzene rings is 2. The molecule has 3 atom stereocenters. The fourth-order valence-electron chi connectivity index (χ4n) is 5.45. The normalized spacial score (nSPS) is 29.1. The predicted octanol–water partition coefficient (Wildman–Crippen LogP) is 4.45. The van der Waals surface area contributed by atoms with Crippen molar-refractivity contribution in [2.75, 3.05) is 41.5 Å². The average Bonchev–Trinajstić information content (AvgIpc) is 3.41. The topological polar surface area (TPSA) is 49.4 Å². The van der Waals surface area contributed by atoms with Crippen molar-refractivity contribution in [1.29, 1.82) is 0 Å². The maximum absolute atomic E-state index is 6.57. The molecule has 2 aromatic rings. The van der Waals surface area contributed by atoms with Gasteiger partial charge in [-0.05, 0) is 54.3 Å². The Morgan fingerprint density at radius 2 is 1.78 bits per heavy atom. The molecule has 1 unspecified atom stereocenters. The molecule has 6 nitrogen and oxygen atoms in total. The summed E-state index contributed by atoms with van der Waals surface area (Å²) in [5.41, 5.74) is 3.53. The van der Waals surface area contributed by atoms with Gasteiger partial charge in [0.05, 0.1) is 27.9 Å². The first-order valence-electron chi connectivity index (χ1n) is 11.2. The first kappa shape index (κ1) is 21.2. The van der Waals surface area contributed by atoms with E-state index in [0.717, 1.165) is 48.6 Å². The zero-order valence-electron chi connectivity index (χ0n) is 19.2. The van der Waals surface area contributed by atoms with Gasteiger partial charge in [0.2, 0.25) is 0 Å². The van der Waals surface area contributed by atoms with Gasteiger partial charge >= 0.3 is 0 Å². The quantitative estimate of drug-likeness (QED) is 0.689. The van der Waals surface area contributed by atoms with Crippen molar-refractivity contribution >= 4 is 0 Å². The molecule has 2 aromatic carbocycles. The predicted molar refractivity (Wildman–Crippen MR) is 121 cm³/mol. The highest BCUT2D eigenvalue weighted by molar-refractivity contribution is 5.50. The molecule has 170 valence electrons. The van der Waals surface area contributed by atoms with Crippen molar-refractivity contribution in [2.24, 2.45) is 0 Å². The van der Waals surface area contributed by atoms with E-state index in [0.29, 0.717) is 6.61 Å². The van der Waals surface area contributed by atoms with Gasteiger partial charge in [-0.2, -0.15) is 0 Å². The third-order valence-corrected chi connectivity index (χ3v) is 7.25. The molecule has 2 saturated heterocycles. The summed E-state index contributed by atoms with van der Waals surface area (Å²) in [6, 6.07) is 14.3. The molecule has 0 aromatic heterocycles. The van der Waals surface area contributed by atoms with E-state index in [1.165, 1.54) is 11.3 Å². The Labute approximate surface area is 189 Å². The molecular formula is C26H31NO5. The lowest BCUT2D eigenvalue weighted by Gasteiger charge is -2.41. The van der Waals surface area contributed by atoms with Crippen LogP contribution in [0.25, 0.3) is 0 Å². The number of ether oxygens (including phenoxy) is 5. The molecule has 0 saturated carbocycles. The molecule has 0 radical (unpaired) electrons. The van der Waals surface area contributed by atoms with Crippen LogP contribution >= 0.6 is 0 Å². The van der Waals surface area contributed by atoms with Crippen molar-refractivity contribution in [1.82, 2.24) is 4.90 Å². The maximum Gasteiger partial charge on any atom is 0.190 e. The van der Waals surface area contributed by atoms with E-state index >= 15 is 0 Å². The average molecular weight is 438 g/mol. The lowest BCUT2D eigenvalue weighted by atomic mass is 9.69. The molecule has 1 spiro atoms. The van der Waals surface area contributed by atoms with Crippen molar-refractivity contribution in [3.05, 3.63) is 65.4 Å². The Bertz CT molecular complexity index is 1040. The zero-order chi connectivity index (χ0) is 22.3. The highest BCUT2D eigenvalue weighted by Crippen LogP contribution is 2.54. The summed E-state index contributed by atoms with van der Waals surface area (Å²) in [5.74, 6) is 1.65. The first-order chi connectivity index (χ1) is 15.5. The Morgan fingerprint density at radius 3 is 2.56 bits per heavy atom. The van der Waals surface area contributed by atoms with Crippen LogP contribution in [0.3, 0.4) is 0 Å². The van der Waals surface area contributed by atoms with Gasteiger partial charge in [-0.3, -0.25) is 0 Å². The summed E-state index contributed by atoms with van der Waals surface area (Å²) in [6.07, 6.45) is 4.92. The monoisotopic (exact) mass is 437 g/mol. The number of hydrogen-bond acceptors (Lipinski definition) is 6. The van der Waals surface area contributed by atoms with Crippen LogP contribution < -0.4 is 14.2 Å². The van der Waals surface area contributed by atoms with Crippen LogP contribution in [0.15, 0.2) is 54.2 Å². The highest BCUT2D eigenvalue weighted by atomic mass is 16.7. The maximum atomic E-state index is 6.57. The number of fused-ring (bicyclic) bond motifs is 1. The van der Waals surface area contributed by atoms with Crippen LogP contribution in [0.2, 0.25) is 0 Å². The zero-order valence-corrected chi connectivity index (χ0v) is 19.2. The first-order valence-corrected chi connectivity index (χ1v) is 11.2. The fraction of sp³-hybridized carbons (Fsp3) is 0.462. The summed E-state index contributed by atoms with van der Waals surface area (Å²) in [7, 11) is 7.19. The second kappa shape index (κ2) is 8.01. The SMILES string of the molecule is COc1cccc([C@@H]2COC3(C=C4N(C)CC[C@]4(c4ccc(OC)c(OC)c4)CC3)O2)c1. The van der Waals surface area contributed by atoms with Gasteiger partial charge in [0.1, 0.15) is 11.9 Å². The van der Waals surface area contributed by atoms with Gasteiger partial charge in [0.25, 0.3) is 0 Å². The molecule has 2 heterocycles. The van der Waals surface area contributed by atoms with E-state index in [1.54, 1.807) is 21.3 Å². The standard InChI is InChI=1S/C26H31NO5/c1-27-13-12-25(19-8-9-21(29-3)22(15-19)30-4)10-11-26(16-24(25)27)31-17-23(32-26)18-6-5-7-20(14-18)28-2/h5-9,14-16,23H,10-13,17H2,1-4H3/t23-,25-,26?/m0/s1. The summed E-state index contributed by atoms with van der Waals surface area (Å²) in [4.78, 5) is 2.34. The Balaban J connectivity index is 1.47. The number of methoxy groups -OCH3 is 3. The molecule has 0 amide bonds. The lowest BCUT2D eigenvalue weighted by molar-refractivity contribution is -0.143. The molecule has 0 N–H and O–H groups in total. The fourth-order valence-corrected chi connectivity index (χ4v) is 5.45. The highest BCUT2D eigenvalue weighted by Gasteiger charge is 2.53. The minimum Gasteiger partial charge on any atom is -0.497 e. The number of likely N-dealkylation sites (N-methyl/N-ethyl adjacent to an activating group) is 1. The van der Waals surface area contributed by atoms with Crippen LogP contribution in [0.1, 0.15) is 36.5 Å². The summed E-state index contributed by atoms with van der Waals surface area (Å²) >= 11 is 0. The van der Waals surface area contributed by atoms with Crippen LogP contribution in [0, 0.1) is 0 Å². The molecule has 0 bridgehead atoms. The minimum absolute atomic E-state index is 0.0691. The second-order valence-corrected chi connectivity index (χ2v) is 8.86. The molecule has 2 aliphatic heterocycles. The Morgan fingerprint density at radius 1 is 0.938 bits per heavy atom. The van der Waals surface area contributed by atoms with E-state index in [2.05, 4.69) is 36.2 Å². The summed E-state index contributed by atoms with van der Waals surface area (Å²) in [5, 5.41) is 0. The van der Waals surface area contributed by atoms with E-state index in [-0.39, 0.29) is 11.5 Å². The van der Waals surface area contributed by atoms with Gasteiger partial charge in [-0.15, -0.1) is 0 Å². The molecule has 5 rings (SSSR count). The van der Waals surface area contributed by atoms with Crippen molar-refractivity contribution in [3.63, 3.8) is 0 Å². The molecular weight excluding hydrogens is 406 g/mol. The van der Waals surface area contributed by atoms with Crippen molar-refractivity contribution < 1.29 is 23.7 Å². The van der Waals surface area contributed by atoms with E-state index in [9.17, 15) is 0 Å². The Hall–Kier alpha value is -2.70. The van der Waals surface area contributed by atoms with Gasteiger partial charge in [-0.1, -0.05) is 18.2 Å². The van der Waals surface area contributed by atoms with Gasteiger partial charge < -0.3 is 28.6 Å². The smallest absolute Gasteiger partial charge is 0.190 e.